The average Bonchev–Trinajstić information content (AvgIpc) is 2.73. The fourth-order valence-electron chi connectivity index (χ4n) is 1.53. The third-order valence-corrected chi connectivity index (χ3v) is 2.62. The minimum absolute atomic E-state index is 0.134. The van der Waals surface area contributed by atoms with Crippen LogP contribution in [0.5, 0.6) is 0 Å². The maximum Gasteiger partial charge on any atom is 0.248 e. The highest BCUT2D eigenvalue weighted by atomic mass is 35.5. The third kappa shape index (κ3) is 3.27. The van der Waals surface area contributed by atoms with E-state index in [2.05, 4.69) is 20.4 Å². The van der Waals surface area contributed by atoms with Crippen LogP contribution in [0, 0.1) is 6.92 Å². The van der Waals surface area contributed by atoms with Crippen molar-refractivity contribution < 1.29 is 4.79 Å². The molecule has 0 aliphatic carbocycles. The van der Waals surface area contributed by atoms with E-state index in [9.17, 15) is 4.79 Å². The number of nitrogens with zero attached hydrogens (tertiary/aromatic N) is 4. The normalized spacial score (nSPS) is 12.2. The van der Waals surface area contributed by atoms with E-state index in [1.54, 1.807) is 30.9 Å². The van der Waals surface area contributed by atoms with Crippen LogP contribution in [-0.2, 0) is 11.8 Å². The van der Waals surface area contributed by atoms with E-state index >= 15 is 0 Å². The second-order valence-electron chi connectivity index (χ2n) is 4.07. The number of amides is 1. The van der Waals surface area contributed by atoms with Crippen molar-refractivity contribution in [3.8, 4) is 0 Å². The lowest BCUT2D eigenvalue weighted by molar-refractivity contribution is -0.117. The summed E-state index contributed by atoms with van der Waals surface area (Å²) in [6.45, 7) is 1.75. The smallest absolute Gasteiger partial charge is 0.248 e. The Morgan fingerprint density at radius 3 is 2.84 bits per heavy atom. The van der Waals surface area contributed by atoms with Gasteiger partial charge in [0.2, 0.25) is 11.9 Å². The van der Waals surface area contributed by atoms with Gasteiger partial charge >= 0.3 is 0 Å². The zero-order valence-corrected chi connectivity index (χ0v) is 11.2. The quantitative estimate of drug-likeness (QED) is 0.811. The van der Waals surface area contributed by atoms with Crippen LogP contribution >= 0.6 is 11.6 Å². The summed E-state index contributed by atoms with van der Waals surface area (Å²) < 4.78 is 1.57. The zero-order chi connectivity index (χ0) is 14.0. The molecule has 0 aromatic carbocycles. The molecule has 2 aromatic heterocycles. The molecule has 0 saturated heterocycles. The number of aryl methyl sites for hydroxylation is 2. The molecule has 0 spiro atoms. The predicted molar refractivity (Wildman–Crippen MR) is 70.5 cm³/mol. The van der Waals surface area contributed by atoms with Gasteiger partial charge in [-0.2, -0.15) is 5.10 Å². The summed E-state index contributed by atoms with van der Waals surface area (Å²) in [6, 6.07) is 0.759. The largest absolute Gasteiger partial charge is 0.316 e. The number of nitrogens with one attached hydrogen (secondary N) is 1. The van der Waals surface area contributed by atoms with Crippen molar-refractivity contribution in [3.05, 3.63) is 34.9 Å². The summed E-state index contributed by atoms with van der Waals surface area (Å²) in [7, 11) is 1.75. The van der Waals surface area contributed by atoms with Gasteiger partial charge in [-0.25, -0.2) is 9.97 Å². The topological polar surface area (TPSA) is 98.7 Å². The maximum absolute atomic E-state index is 11.9. The van der Waals surface area contributed by atoms with Gasteiger partial charge in [0.25, 0.3) is 0 Å². The first-order valence-corrected chi connectivity index (χ1v) is 5.89. The van der Waals surface area contributed by atoms with E-state index in [4.69, 9.17) is 17.3 Å². The van der Waals surface area contributed by atoms with Gasteiger partial charge in [-0.3, -0.25) is 14.8 Å². The molecule has 8 heteroatoms. The van der Waals surface area contributed by atoms with Crippen LogP contribution in [0.15, 0.2) is 18.5 Å². The molecular weight excluding hydrogens is 268 g/mol. The van der Waals surface area contributed by atoms with Crippen molar-refractivity contribution in [2.75, 3.05) is 5.32 Å². The van der Waals surface area contributed by atoms with Crippen molar-refractivity contribution in [3.63, 3.8) is 0 Å². The molecule has 100 valence electrons. The first-order chi connectivity index (χ1) is 8.95. The molecule has 2 heterocycles. The van der Waals surface area contributed by atoms with Crippen LogP contribution in [-0.4, -0.2) is 25.7 Å². The van der Waals surface area contributed by atoms with Crippen molar-refractivity contribution >= 4 is 23.5 Å². The minimum Gasteiger partial charge on any atom is -0.316 e. The second-order valence-corrected chi connectivity index (χ2v) is 4.46. The van der Waals surface area contributed by atoms with Gasteiger partial charge in [0, 0.05) is 24.5 Å². The monoisotopic (exact) mass is 280 g/mol. The molecule has 19 heavy (non-hydrogen) atoms. The van der Waals surface area contributed by atoms with Crippen LogP contribution < -0.4 is 11.1 Å². The molecule has 1 unspecified atom stereocenters. The summed E-state index contributed by atoms with van der Waals surface area (Å²) in [6.07, 6.45) is 3.21. The second kappa shape index (κ2) is 5.33. The van der Waals surface area contributed by atoms with E-state index in [0.717, 1.165) is 0 Å². The predicted octanol–water partition coefficient (Wildman–Crippen LogP) is 0.810. The number of carbonyl (C=O) groups is 1. The summed E-state index contributed by atoms with van der Waals surface area (Å²) in [5, 5.41) is 6.74. The summed E-state index contributed by atoms with van der Waals surface area (Å²) >= 11 is 5.79. The van der Waals surface area contributed by atoms with E-state index in [0.29, 0.717) is 11.3 Å². The van der Waals surface area contributed by atoms with Crippen LogP contribution in [0.1, 0.15) is 17.3 Å². The first kappa shape index (κ1) is 13.4. The molecule has 3 N–H and O–H groups in total. The Bertz CT molecular complexity index is 591. The molecule has 1 amide bonds. The van der Waals surface area contributed by atoms with Gasteiger partial charge in [-0.05, 0) is 13.0 Å². The molecule has 1 atom stereocenters. The van der Waals surface area contributed by atoms with Gasteiger partial charge in [0.05, 0.1) is 6.20 Å². The zero-order valence-electron chi connectivity index (χ0n) is 10.5. The number of aromatic nitrogens is 4. The number of anilines is 1. The van der Waals surface area contributed by atoms with Crippen molar-refractivity contribution in [2.24, 2.45) is 12.8 Å². The Kier molecular flexibility index (Phi) is 3.77. The number of carbonyl (C=O) groups excluding carboxylic acids is 1. The van der Waals surface area contributed by atoms with Crippen LogP contribution in [0.4, 0.5) is 5.95 Å². The molecule has 0 radical (unpaired) electrons. The highest BCUT2D eigenvalue weighted by molar-refractivity contribution is 6.29. The lowest BCUT2D eigenvalue weighted by atomic mass is 10.1. The standard InChI is InChI=1S/C11H13ClN6O/c1-6-3-8(12)16-11(15-6)17-10(19)9(13)7-4-14-18(2)5-7/h3-5,9H,13H2,1-2H3,(H,15,16,17,19). The fraction of sp³-hybridized carbons (Fsp3) is 0.273. The number of hydrogen-bond donors (Lipinski definition) is 2. The summed E-state index contributed by atoms with van der Waals surface area (Å²) in [5.41, 5.74) is 7.09. The molecule has 0 aliphatic rings. The van der Waals surface area contributed by atoms with E-state index in [1.807, 2.05) is 0 Å². The minimum atomic E-state index is -0.836. The molecule has 0 bridgehead atoms. The Morgan fingerprint density at radius 1 is 1.53 bits per heavy atom. The molecular formula is C11H13ClN6O. The average molecular weight is 281 g/mol. The molecule has 0 aliphatic heterocycles. The van der Waals surface area contributed by atoms with Gasteiger partial charge in [-0.1, -0.05) is 11.6 Å². The Hall–Kier alpha value is -1.99. The van der Waals surface area contributed by atoms with E-state index in [-0.39, 0.29) is 11.1 Å². The maximum atomic E-state index is 11.9. The fourth-order valence-corrected chi connectivity index (χ4v) is 1.76. The first-order valence-electron chi connectivity index (χ1n) is 5.52. The highest BCUT2D eigenvalue weighted by Crippen LogP contribution is 2.13. The van der Waals surface area contributed by atoms with E-state index in [1.165, 1.54) is 6.20 Å². The third-order valence-electron chi connectivity index (χ3n) is 2.42. The lowest BCUT2D eigenvalue weighted by Gasteiger charge is -2.09. The molecule has 2 rings (SSSR count). The molecule has 0 fully saturated rings. The summed E-state index contributed by atoms with van der Waals surface area (Å²) in [4.78, 5) is 19.9. The molecule has 2 aromatic rings. The molecule has 0 saturated carbocycles. The van der Waals surface area contributed by atoms with Crippen molar-refractivity contribution in [1.82, 2.24) is 19.7 Å². The lowest BCUT2D eigenvalue weighted by Crippen LogP contribution is -2.28. The molecule has 7 nitrogen and oxygen atoms in total. The number of rotatable bonds is 3. The van der Waals surface area contributed by atoms with Gasteiger partial charge in [0.1, 0.15) is 11.2 Å². The number of nitrogens with two attached hydrogens (primary N) is 1. The number of hydrogen-bond acceptors (Lipinski definition) is 5. The Morgan fingerprint density at radius 2 is 2.26 bits per heavy atom. The number of halogens is 1. The summed E-state index contributed by atoms with van der Waals surface area (Å²) in [5.74, 6) is -0.288. The SMILES string of the molecule is Cc1cc(Cl)nc(NC(=O)C(N)c2cnn(C)c2)n1. The van der Waals surface area contributed by atoms with Crippen LogP contribution in [0.2, 0.25) is 5.15 Å². The van der Waals surface area contributed by atoms with Gasteiger partial charge < -0.3 is 5.73 Å². The highest BCUT2D eigenvalue weighted by Gasteiger charge is 2.18. The Labute approximate surface area is 114 Å². The van der Waals surface area contributed by atoms with Crippen LogP contribution in [0.3, 0.4) is 0 Å². The van der Waals surface area contributed by atoms with Crippen molar-refractivity contribution in [1.29, 1.82) is 0 Å². The van der Waals surface area contributed by atoms with Gasteiger partial charge in [-0.15, -0.1) is 0 Å². The van der Waals surface area contributed by atoms with Crippen LogP contribution in [0.25, 0.3) is 0 Å². The van der Waals surface area contributed by atoms with Crippen molar-refractivity contribution in [2.45, 2.75) is 13.0 Å². The van der Waals surface area contributed by atoms with E-state index < -0.39 is 11.9 Å². The Balaban J connectivity index is 2.12. The van der Waals surface area contributed by atoms with Gasteiger partial charge in [0.15, 0.2) is 0 Å².